The number of imidazole rings is 1. The van der Waals surface area contributed by atoms with Gasteiger partial charge in [-0.15, -0.1) is 0 Å². The summed E-state index contributed by atoms with van der Waals surface area (Å²) in [5.74, 6) is 1.10. The summed E-state index contributed by atoms with van der Waals surface area (Å²) in [4.78, 5) is 22.3. The number of H-pyrrole nitrogens is 1. The van der Waals surface area contributed by atoms with Crippen LogP contribution < -0.4 is 5.73 Å². The molecular weight excluding hydrogens is 288 g/mol. The zero-order valence-electron chi connectivity index (χ0n) is 13.4. The van der Waals surface area contributed by atoms with Crippen molar-refractivity contribution in [2.75, 3.05) is 13.1 Å². The SMILES string of the molecule is NC(=O)c1cccc2nc([C@H]3CC[C@H](N4CCCC4)CC3)[nH]c12. The fourth-order valence-electron chi connectivity index (χ4n) is 4.27. The summed E-state index contributed by atoms with van der Waals surface area (Å²) < 4.78 is 0. The number of nitrogens with zero attached hydrogens (tertiary/aromatic N) is 2. The number of benzene rings is 1. The van der Waals surface area contributed by atoms with E-state index in [0.717, 1.165) is 22.9 Å². The highest BCUT2D eigenvalue weighted by molar-refractivity contribution is 6.04. The van der Waals surface area contributed by atoms with Gasteiger partial charge in [0.25, 0.3) is 5.91 Å². The van der Waals surface area contributed by atoms with Gasteiger partial charge in [0.05, 0.1) is 16.6 Å². The number of nitrogens with two attached hydrogens (primary N) is 1. The molecule has 2 aromatic rings. The standard InChI is InChI=1S/C18H24N4O/c19-17(23)14-4-3-5-15-16(14)21-18(20-15)12-6-8-13(9-7-12)22-10-1-2-11-22/h3-5,12-13H,1-2,6-11H2,(H2,19,23)(H,20,21)/t12-,13-. The van der Waals surface area contributed by atoms with E-state index in [1.54, 1.807) is 6.07 Å². The van der Waals surface area contributed by atoms with Gasteiger partial charge >= 0.3 is 0 Å². The van der Waals surface area contributed by atoms with Gasteiger partial charge in [-0.1, -0.05) is 6.07 Å². The molecule has 5 heteroatoms. The smallest absolute Gasteiger partial charge is 0.250 e. The van der Waals surface area contributed by atoms with Crippen LogP contribution >= 0.6 is 0 Å². The maximum atomic E-state index is 11.6. The predicted octanol–water partition coefficient (Wildman–Crippen LogP) is 2.78. The van der Waals surface area contributed by atoms with Crippen LogP contribution in [0, 0.1) is 0 Å². The Hall–Kier alpha value is -1.88. The second-order valence-electron chi connectivity index (χ2n) is 6.93. The molecule has 0 radical (unpaired) electrons. The van der Waals surface area contributed by atoms with Crippen LogP contribution in [0.3, 0.4) is 0 Å². The van der Waals surface area contributed by atoms with E-state index >= 15 is 0 Å². The molecule has 1 saturated carbocycles. The van der Waals surface area contributed by atoms with Gasteiger partial charge in [-0.25, -0.2) is 4.98 Å². The highest BCUT2D eigenvalue weighted by atomic mass is 16.1. The normalized spacial score (nSPS) is 25.9. The van der Waals surface area contributed by atoms with Crippen LogP contribution in [0.2, 0.25) is 0 Å². The second-order valence-corrected chi connectivity index (χ2v) is 6.93. The molecule has 1 aliphatic heterocycles. The molecule has 0 unspecified atom stereocenters. The van der Waals surface area contributed by atoms with E-state index < -0.39 is 5.91 Å². The predicted molar refractivity (Wildman–Crippen MR) is 90.4 cm³/mol. The maximum Gasteiger partial charge on any atom is 0.250 e. The molecule has 1 saturated heterocycles. The van der Waals surface area contributed by atoms with Crippen LogP contribution in [-0.2, 0) is 0 Å². The van der Waals surface area contributed by atoms with Gasteiger partial charge in [0.2, 0.25) is 0 Å². The number of aromatic nitrogens is 2. The van der Waals surface area contributed by atoms with Gasteiger partial charge < -0.3 is 15.6 Å². The summed E-state index contributed by atoms with van der Waals surface area (Å²) in [6, 6.07) is 6.31. The molecule has 4 rings (SSSR count). The van der Waals surface area contributed by atoms with E-state index in [-0.39, 0.29) is 0 Å². The Morgan fingerprint density at radius 3 is 2.61 bits per heavy atom. The van der Waals surface area contributed by atoms with Crippen molar-refractivity contribution < 1.29 is 4.79 Å². The minimum absolute atomic E-state index is 0.399. The molecule has 0 atom stereocenters. The molecular formula is C18H24N4O. The third-order valence-electron chi connectivity index (χ3n) is 5.54. The highest BCUT2D eigenvalue weighted by Gasteiger charge is 2.29. The van der Waals surface area contributed by atoms with Gasteiger partial charge in [-0.3, -0.25) is 4.79 Å². The summed E-state index contributed by atoms with van der Waals surface area (Å²) in [5, 5.41) is 0. The number of hydrogen-bond acceptors (Lipinski definition) is 3. The quantitative estimate of drug-likeness (QED) is 0.915. The third-order valence-corrected chi connectivity index (χ3v) is 5.54. The first-order valence-corrected chi connectivity index (χ1v) is 8.75. The number of fused-ring (bicyclic) bond motifs is 1. The van der Waals surface area contributed by atoms with Gasteiger partial charge in [0.15, 0.2) is 0 Å². The first-order valence-electron chi connectivity index (χ1n) is 8.75. The Morgan fingerprint density at radius 1 is 1.17 bits per heavy atom. The number of nitrogens with one attached hydrogen (secondary N) is 1. The lowest BCUT2D eigenvalue weighted by molar-refractivity contribution is 0.100. The Bertz CT molecular complexity index is 709. The fourth-order valence-corrected chi connectivity index (χ4v) is 4.27. The van der Waals surface area contributed by atoms with E-state index in [4.69, 9.17) is 10.7 Å². The zero-order chi connectivity index (χ0) is 15.8. The van der Waals surface area contributed by atoms with Crippen molar-refractivity contribution in [3.63, 3.8) is 0 Å². The molecule has 1 aromatic carbocycles. The number of likely N-dealkylation sites (tertiary alicyclic amines) is 1. The average molecular weight is 312 g/mol. The first kappa shape index (κ1) is 14.7. The van der Waals surface area contributed by atoms with Crippen molar-refractivity contribution in [3.05, 3.63) is 29.6 Å². The minimum atomic E-state index is -0.399. The van der Waals surface area contributed by atoms with E-state index in [1.807, 2.05) is 12.1 Å². The van der Waals surface area contributed by atoms with Gasteiger partial charge in [0, 0.05) is 12.0 Å². The number of hydrogen-bond donors (Lipinski definition) is 2. The van der Waals surface area contributed by atoms with Crippen LogP contribution in [0.1, 0.15) is 60.6 Å². The van der Waals surface area contributed by atoms with Crippen molar-refractivity contribution in [2.45, 2.75) is 50.5 Å². The van der Waals surface area contributed by atoms with Crippen LogP contribution in [0.15, 0.2) is 18.2 Å². The monoisotopic (exact) mass is 312 g/mol. The highest BCUT2D eigenvalue weighted by Crippen LogP contribution is 2.35. The summed E-state index contributed by atoms with van der Waals surface area (Å²) in [5.41, 5.74) is 7.63. The molecule has 1 aromatic heterocycles. The van der Waals surface area contributed by atoms with Crippen LogP contribution in [-0.4, -0.2) is 39.9 Å². The van der Waals surface area contributed by atoms with Crippen molar-refractivity contribution >= 4 is 16.9 Å². The molecule has 3 N–H and O–H groups in total. The minimum Gasteiger partial charge on any atom is -0.366 e. The molecule has 2 fully saturated rings. The van der Waals surface area contributed by atoms with Crippen LogP contribution in [0.4, 0.5) is 0 Å². The summed E-state index contributed by atoms with van der Waals surface area (Å²) in [6.07, 6.45) is 7.58. The molecule has 1 amide bonds. The lowest BCUT2D eigenvalue weighted by atomic mass is 9.85. The van der Waals surface area contributed by atoms with Crippen molar-refractivity contribution in [3.8, 4) is 0 Å². The number of rotatable bonds is 3. The Balaban J connectivity index is 1.52. The third kappa shape index (κ3) is 2.74. The molecule has 0 spiro atoms. The van der Waals surface area contributed by atoms with Gasteiger partial charge in [-0.05, 0) is 63.7 Å². The summed E-state index contributed by atoms with van der Waals surface area (Å²) >= 11 is 0. The Labute approximate surface area is 136 Å². The van der Waals surface area contributed by atoms with Crippen LogP contribution in [0.25, 0.3) is 11.0 Å². The second kappa shape index (κ2) is 5.96. The maximum absolute atomic E-state index is 11.6. The molecule has 122 valence electrons. The van der Waals surface area contributed by atoms with Gasteiger partial charge in [-0.2, -0.15) is 0 Å². The topological polar surface area (TPSA) is 75.0 Å². The summed E-state index contributed by atoms with van der Waals surface area (Å²) in [6.45, 7) is 2.56. The number of para-hydroxylation sites is 1. The van der Waals surface area contributed by atoms with E-state index in [2.05, 4.69) is 9.88 Å². The average Bonchev–Trinajstić information content (AvgIpc) is 3.24. The van der Waals surface area contributed by atoms with E-state index in [9.17, 15) is 4.79 Å². The van der Waals surface area contributed by atoms with Crippen molar-refractivity contribution in [1.82, 2.24) is 14.9 Å². The Morgan fingerprint density at radius 2 is 1.91 bits per heavy atom. The molecule has 2 heterocycles. The lowest BCUT2D eigenvalue weighted by Crippen LogP contribution is -2.35. The molecule has 23 heavy (non-hydrogen) atoms. The molecule has 0 bridgehead atoms. The number of primary amides is 1. The zero-order valence-corrected chi connectivity index (χ0v) is 13.4. The van der Waals surface area contributed by atoms with E-state index in [1.165, 1.54) is 51.6 Å². The fraction of sp³-hybridized carbons (Fsp3) is 0.556. The van der Waals surface area contributed by atoms with Crippen LogP contribution in [0.5, 0.6) is 0 Å². The Kier molecular flexibility index (Phi) is 3.81. The number of amides is 1. The number of carbonyl (C=O) groups is 1. The largest absolute Gasteiger partial charge is 0.366 e. The van der Waals surface area contributed by atoms with Gasteiger partial charge in [0.1, 0.15) is 5.82 Å². The number of aromatic amines is 1. The molecule has 5 nitrogen and oxygen atoms in total. The molecule has 1 aliphatic carbocycles. The van der Waals surface area contributed by atoms with Crippen molar-refractivity contribution in [1.29, 1.82) is 0 Å². The first-order chi connectivity index (χ1) is 11.2. The van der Waals surface area contributed by atoms with Crippen molar-refractivity contribution in [2.24, 2.45) is 5.73 Å². The lowest BCUT2D eigenvalue weighted by Gasteiger charge is -2.33. The number of carbonyl (C=O) groups excluding carboxylic acids is 1. The van der Waals surface area contributed by atoms with E-state index in [0.29, 0.717) is 11.5 Å². The molecule has 2 aliphatic rings. The summed E-state index contributed by atoms with van der Waals surface area (Å²) in [7, 11) is 0.